The summed E-state index contributed by atoms with van der Waals surface area (Å²) in [5, 5.41) is 0. The molecule has 78 valence electrons. The van der Waals surface area contributed by atoms with Crippen molar-refractivity contribution in [1.29, 1.82) is 0 Å². The van der Waals surface area contributed by atoms with E-state index in [0.717, 1.165) is 0 Å². The van der Waals surface area contributed by atoms with Crippen LogP contribution >= 0.6 is 0 Å². The lowest BCUT2D eigenvalue weighted by atomic mass is 10.3. The molecule has 0 amide bonds. The van der Waals surface area contributed by atoms with Crippen LogP contribution in [-0.2, 0) is 19.1 Å². The first-order valence-corrected chi connectivity index (χ1v) is 3.85. The van der Waals surface area contributed by atoms with E-state index in [4.69, 9.17) is 0 Å². The lowest BCUT2D eigenvalue weighted by Gasteiger charge is -2.04. The van der Waals surface area contributed by atoms with Crippen LogP contribution in [0.1, 0.15) is 6.92 Å². The Labute approximate surface area is 81.0 Å². The quantitative estimate of drug-likeness (QED) is 0.389. The Hall–Kier alpha value is -1.65. The van der Waals surface area contributed by atoms with Gasteiger partial charge in [-0.3, -0.25) is 0 Å². The van der Waals surface area contributed by atoms with Gasteiger partial charge in [0.1, 0.15) is 12.4 Å². The van der Waals surface area contributed by atoms with Crippen molar-refractivity contribution in [2.75, 3.05) is 13.2 Å². The minimum absolute atomic E-state index is 0.0741. The maximum Gasteiger partial charge on any atom is 0.417 e. The summed E-state index contributed by atoms with van der Waals surface area (Å²) in [7, 11) is 0. The molecule has 0 radical (unpaired) electrons. The number of esters is 2. The Morgan fingerprint density at radius 1 is 1.21 bits per heavy atom. The fourth-order valence-corrected chi connectivity index (χ4v) is 0.480. The van der Waals surface area contributed by atoms with E-state index in [1.165, 1.54) is 0 Å². The van der Waals surface area contributed by atoms with Crippen LogP contribution in [-0.4, -0.2) is 25.2 Å². The van der Waals surface area contributed by atoms with Crippen LogP contribution < -0.4 is 0 Å². The van der Waals surface area contributed by atoms with Crippen LogP contribution in [0.25, 0.3) is 0 Å². The number of hydrogen-bond donors (Lipinski definition) is 0. The molecule has 0 aliphatic rings. The zero-order valence-electron chi connectivity index (χ0n) is 7.84. The van der Waals surface area contributed by atoms with Crippen LogP contribution in [0.2, 0.25) is 0 Å². The SMILES string of the molecule is C=C(F)C(=C)COC(=O)C(=O)OCC. The van der Waals surface area contributed by atoms with Gasteiger partial charge in [-0.25, -0.2) is 14.0 Å². The normalized spacial score (nSPS) is 9.00. The molecule has 4 nitrogen and oxygen atoms in total. The molecule has 0 heterocycles. The van der Waals surface area contributed by atoms with Crippen molar-refractivity contribution in [2.24, 2.45) is 0 Å². The number of rotatable bonds is 4. The maximum absolute atomic E-state index is 12.3. The van der Waals surface area contributed by atoms with E-state index in [1.807, 2.05) is 0 Å². The van der Waals surface area contributed by atoms with E-state index in [2.05, 4.69) is 22.6 Å². The topological polar surface area (TPSA) is 52.6 Å². The van der Waals surface area contributed by atoms with Gasteiger partial charge in [0.25, 0.3) is 0 Å². The molecule has 0 saturated heterocycles. The van der Waals surface area contributed by atoms with Crippen molar-refractivity contribution in [1.82, 2.24) is 0 Å². The zero-order valence-corrected chi connectivity index (χ0v) is 7.84. The minimum atomic E-state index is -1.17. The zero-order chi connectivity index (χ0) is 11.1. The highest BCUT2D eigenvalue weighted by Gasteiger charge is 2.16. The maximum atomic E-state index is 12.3. The molecular weight excluding hydrogens is 191 g/mol. The Morgan fingerprint density at radius 3 is 2.14 bits per heavy atom. The molecule has 0 saturated carbocycles. The van der Waals surface area contributed by atoms with Gasteiger partial charge < -0.3 is 9.47 Å². The van der Waals surface area contributed by atoms with E-state index < -0.39 is 24.4 Å². The molecule has 0 unspecified atom stereocenters. The summed E-state index contributed by atoms with van der Waals surface area (Å²) in [5.74, 6) is -3.07. The van der Waals surface area contributed by atoms with E-state index in [-0.39, 0.29) is 12.2 Å². The van der Waals surface area contributed by atoms with E-state index in [1.54, 1.807) is 6.92 Å². The summed E-state index contributed by atoms with van der Waals surface area (Å²) in [6.07, 6.45) is 0. The third kappa shape index (κ3) is 4.39. The molecule has 0 atom stereocenters. The lowest BCUT2D eigenvalue weighted by molar-refractivity contribution is -0.166. The molecule has 5 heteroatoms. The van der Waals surface area contributed by atoms with Gasteiger partial charge in [0.05, 0.1) is 6.61 Å². The fourth-order valence-electron chi connectivity index (χ4n) is 0.480. The average molecular weight is 202 g/mol. The third-order valence-electron chi connectivity index (χ3n) is 1.20. The van der Waals surface area contributed by atoms with Crippen molar-refractivity contribution in [2.45, 2.75) is 6.92 Å². The van der Waals surface area contributed by atoms with Crippen molar-refractivity contribution in [3.05, 3.63) is 24.6 Å². The second-order valence-corrected chi connectivity index (χ2v) is 2.31. The van der Waals surface area contributed by atoms with Gasteiger partial charge in [-0.2, -0.15) is 0 Å². The third-order valence-corrected chi connectivity index (χ3v) is 1.20. The van der Waals surface area contributed by atoms with Crippen molar-refractivity contribution >= 4 is 11.9 Å². The summed E-state index contributed by atoms with van der Waals surface area (Å²) in [6.45, 7) is 7.38. The van der Waals surface area contributed by atoms with Crippen LogP contribution in [0.15, 0.2) is 24.6 Å². The molecule has 0 aromatic rings. The highest BCUT2D eigenvalue weighted by Crippen LogP contribution is 2.06. The second kappa shape index (κ2) is 5.90. The minimum Gasteiger partial charge on any atom is -0.458 e. The van der Waals surface area contributed by atoms with Gasteiger partial charge in [-0.1, -0.05) is 13.2 Å². The monoisotopic (exact) mass is 202 g/mol. The average Bonchev–Trinajstić information content (AvgIpc) is 2.13. The standard InChI is InChI=1S/C9H11FO4/c1-4-13-8(11)9(12)14-5-6(2)7(3)10/h2-5H2,1H3. The van der Waals surface area contributed by atoms with Crippen LogP contribution in [0.5, 0.6) is 0 Å². The molecule has 0 spiro atoms. The Morgan fingerprint density at radius 2 is 1.71 bits per heavy atom. The van der Waals surface area contributed by atoms with Gasteiger partial charge in [0.2, 0.25) is 0 Å². The molecule has 0 aliphatic carbocycles. The molecule has 14 heavy (non-hydrogen) atoms. The molecule has 0 aromatic heterocycles. The fraction of sp³-hybridized carbons (Fsp3) is 0.333. The first-order valence-electron chi connectivity index (χ1n) is 3.85. The molecular formula is C9H11FO4. The number of hydrogen-bond acceptors (Lipinski definition) is 4. The second-order valence-electron chi connectivity index (χ2n) is 2.31. The largest absolute Gasteiger partial charge is 0.458 e. The molecule has 0 aliphatic heterocycles. The number of ether oxygens (including phenoxy) is 2. The molecule has 0 N–H and O–H groups in total. The molecule has 0 rings (SSSR count). The summed E-state index contributed by atoms with van der Waals surface area (Å²) < 4.78 is 21.0. The number of carbonyl (C=O) groups excluding carboxylic acids is 2. The van der Waals surface area contributed by atoms with Crippen LogP contribution in [0.3, 0.4) is 0 Å². The summed E-state index contributed by atoms with van der Waals surface area (Å²) in [4.78, 5) is 21.5. The van der Waals surface area contributed by atoms with Crippen molar-refractivity contribution in [3.8, 4) is 0 Å². The highest BCUT2D eigenvalue weighted by molar-refractivity contribution is 6.29. The van der Waals surface area contributed by atoms with Gasteiger partial charge in [-0.05, 0) is 6.92 Å². The first kappa shape index (κ1) is 12.3. The van der Waals surface area contributed by atoms with Crippen LogP contribution in [0.4, 0.5) is 4.39 Å². The predicted molar refractivity (Wildman–Crippen MR) is 47.0 cm³/mol. The molecule has 0 fully saturated rings. The number of halogens is 1. The molecule has 0 aromatic carbocycles. The molecule has 0 bridgehead atoms. The van der Waals surface area contributed by atoms with E-state index >= 15 is 0 Å². The van der Waals surface area contributed by atoms with E-state index in [0.29, 0.717) is 0 Å². The van der Waals surface area contributed by atoms with Crippen molar-refractivity contribution in [3.63, 3.8) is 0 Å². The summed E-state index contributed by atoms with van der Waals surface area (Å²) in [6, 6.07) is 0. The summed E-state index contributed by atoms with van der Waals surface area (Å²) in [5.41, 5.74) is -0.0948. The smallest absolute Gasteiger partial charge is 0.417 e. The van der Waals surface area contributed by atoms with Crippen molar-refractivity contribution < 1.29 is 23.5 Å². The van der Waals surface area contributed by atoms with Gasteiger partial charge in [0.15, 0.2) is 0 Å². The predicted octanol–water partition coefficient (Wildman–Crippen LogP) is 1.13. The number of carbonyl (C=O) groups is 2. The van der Waals surface area contributed by atoms with E-state index in [9.17, 15) is 14.0 Å². The van der Waals surface area contributed by atoms with Gasteiger partial charge >= 0.3 is 11.9 Å². The summed E-state index contributed by atoms with van der Waals surface area (Å²) >= 11 is 0. The van der Waals surface area contributed by atoms with Gasteiger partial charge in [0, 0.05) is 5.57 Å². The Bertz CT molecular complexity index is 270. The highest BCUT2D eigenvalue weighted by atomic mass is 19.1. The first-order chi connectivity index (χ1) is 6.49. The van der Waals surface area contributed by atoms with Crippen LogP contribution in [0, 0.1) is 0 Å². The Balaban J connectivity index is 3.91. The lowest BCUT2D eigenvalue weighted by Crippen LogP contribution is -2.21. The van der Waals surface area contributed by atoms with Gasteiger partial charge in [-0.15, -0.1) is 0 Å². The Kier molecular flexibility index (Phi) is 5.21.